The number of furan rings is 1. The lowest BCUT2D eigenvalue weighted by Crippen LogP contribution is -1.89. The van der Waals surface area contributed by atoms with Gasteiger partial charge in [0.25, 0.3) is 0 Å². The molecule has 0 saturated carbocycles. The van der Waals surface area contributed by atoms with Crippen LogP contribution in [0.2, 0.25) is 5.22 Å². The highest BCUT2D eigenvalue weighted by Gasteiger charge is 2.18. The Morgan fingerprint density at radius 2 is 1.94 bits per heavy atom. The summed E-state index contributed by atoms with van der Waals surface area (Å²) in [6.45, 7) is 2.30. The van der Waals surface area contributed by atoms with Crippen LogP contribution in [-0.2, 0) is 12.8 Å². The molecule has 1 aromatic heterocycles. The van der Waals surface area contributed by atoms with Crippen LogP contribution in [0.15, 0.2) is 34.7 Å². The van der Waals surface area contributed by atoms with Gasteiger partial charge in [-0.25, -0.2) is 0 Å². The zero-order valence-electron chi connectivity index (χ0n) is 9.16. The van der Waals surface area contributed by atoms with Gasteiger partial charge in [0.1, 0.15) is 5.76 Å². The van der Waals surface area contributed by atoms with E-state index in [2.05, 4.69) is 25.1 Å². The Hall–Kier alpha value is -1.21. The van der Waals surface area contributed by atoms with Gasteiger partial charge in [0.2, 0.25) is 0 Å². The molecule has 2 aromatic rings. The molecule has 3 rings (SSSR count). The molecule has 82 valence electrons. The second-order valence-corrected chi connectivity index (χ2v) is 4.97. The molecule has 0 radical (unpaired) electrons. The third-order valence-electron chi connectivity index (χ3n) is 3.20. The summed E-state index contributed by atoms with van der Waals surface area (Å²) in [4.78, 5) is 0. The van der Waals surface area contributed by atoms with Gasteiger partial charge < -0.3 is 4.42 Å². The number of hydrogen-bond acceptors (Lipinski definition) is 1. The maximum absolute atomic E-state index is 5.78. The summed E-state index contributed by atoms with van der Waals surface area (Å²) in [6, 6.07) is 10.3. The number of benzene rings is 1. The van der Waals surface area contributed by atoms with Crippen molar-refractivity contribution in [1.82, 2.24) is 0 Å². The molecule has 1 atom stereocenters. The average molecular weight is 233 g/mol. The fraction of sp³-hybridized carbons (Fsp3) is 0.286. The molecular weight excluding hydrogens is 220 g/mol. The van der Waals surface area contributed by atoms with E-state index in [9.17, 15) is 0 Å². The normalized spacial score (nSPS) is 18.8. The van der Waals surface area contributed by atoms with Crippen molar-refractivity contribution in [3.8, 4) is 11.3 Å². The van der Waals surface area contributed by atoms with Crippen LogP contribution in [0.25, 0.3) is 11.3 Å². The van der Waals surface area contributed by atoms with Crippen molar-refractivity contribution >= 4 is 11.6 Å². The molecule has 0 N–H and O–H groups in total. The lowest BCUT2D eigenvalue weighted by molar-refractivity contribution is 0.584. The third-order valence-corrected chi connectivity index (χ3v) is 3.40. The molecule has 1 nitrogen and oxygen atoms in total. The highest BCUT2D eigenvalue weighted by atomic mass is 35.5. The number of halogens is 1. The van der Waals surface area contributed by atoms with Crippen LogP contribution in [0.1, 0.15) is 18.1 Å². The van der Waals surface area contributed by atoms with E-state index in [1.54, 1.807) is 6.07 Å². The minimum absolute atomic E-state index is 0.448. The lowest BCUT2D eigenvalue weighted by atomic mass is 10.1. The molecule has 2 heteroatoms. The SMILES string of the molecule is CC1Cc2ccc(-c3ccc(Cl)o3)cc2C1. The summed E-state index contributed by atoms with van der Waals surface area (Å²) >= 11 is 5.78. The first-order valence-electron chi connectivity index (χ1n) is 5.60. The van der Waals surface area contributed by atoms with Crippen molar-refractivity contribution in [2.24, 2.45) is 5.92 Å². The monoisotopic (exact) mass is 232 g/mol. The predicted octanol–water partition coefficient (Wildman–Crippen LogP) is 4.33. The van der Waals surface area contributed by atoms with E-state index in [1.165, 1.54) is 24.0 Å². The van der Waals surface area contributed by atoms with Crippen LogP contribution in [0.4, 0.5) is 0 Å². The fourth-order valence-electron chi connectivity index (χ4n) is 2.46. The maximum atomic E-state index is 5.78. The largest absolute Gasteiger partial charge is 0.445 e. The summed E-state index contributed by atoms with van der Waals surface area (Å²) < 4.78 is 5.42. The molecule has 16 heavy (non-hydrogen) atoms. The molecular formula is C14H13ClO. The van der Waals surface area contributed by atoms with Crippen molar-refractivity contribution in [3.05, 3.63) is 46.7 Å². The lowest BCUT2D eigenvalue weighted by Gasteiger charge is -2.01. The van der Waals surface area contributed by atoms with Gasteiger partial charge in [-0.05, 0) is 59.7 Å². The highest BCUT2D eigenvalue weighted by molar-refractivity contribution is 6.28. The second kappa shape index (κ2) is 3.67. The van der Waals surface area contributed by atoms with E-state index in [-0.39, 0.29) is 0 Å². The van der Waals surface area contributed by atoms with Crippen LogP contribution in [0, 0.1) is 5.92 Å². The van der Waals surface area contributed by atoms with Gasteiger partial charge in [0, 0.05) is 5.56 Å². The quantitative estimate of drug-likeness (QED) is 0.713. The Morgan fingerprint density at radius 3 is 2.69 bits per heavy atom. The van der Waals surface area contributed by atoms with Gasteiger partial charge in [-0.15, -0.1) is 0 Å². The first kappa shape index (κ1) is 9.98. The number of fused-ring (bicyclic) bond motifs is 1. The van der Waals surface area contributed by atoms with Crippen molar-refractivity contribution in [2.75, 3.05) is 0 Å². The van der Waals surface area contributed by atoms with Crippen LogP contribution >= 0.6 is 11.6 Å². The van der Waals surface area contributed by atoms with Gasteiger partial charge in [-0.1, -0.05) is 19.1 Å². The van der Waals surface area contributed by atoms with Crippen LogP contribution < -0.4 is 0 Å². The molecule has 0 bridgehead atoms. The van der Waals surface area contributed by atoms with Gasteiger partial charge in [-0.2, -0.15) is 0 Å². The fourth-order valence-corrected chi connectivity index (χ4v) is 2.61. The van der Waals surface area contributed by atoms with E-state index in [0.29, 0.717) is 5.22 Å². The molecule has 1 aliphatic rings. The average Bonchev–Trinajstić information content (AvgIpc) is 2.81. The van der Waals surface area contributed by atoms with E-state index >= 15 is 0 Å². The molecule has 0 amide bonds. The summed E-state index contributed by atoms with van der Waals surface area (Å²) in [6.07, 6.45) is 2.38. The summed E-state index contributed by atoms with van der Waals surface area (Å²) in [5.41, 5.74) is 4.06. The van der Waals surface area contributed by atoms with Gasteiger partial charge in [0.15, 0.2) is 5.22 Å². The zero-order chi connectivity index (χ0) is 11.1. The van der Waals surface area contributed by atoms with Crippen LogP contribution in [-0.4, -0.2) is 0 Å². The Labute approximate surface area is 100 Å². The van der Waals surface area contributed by atoms with E-state index in [0.717, 1.165) is 17.2 Å². The Balaban J connectivity index is 2.02. The minimum atomic E-state index is 0.448. The van der Waals surface area contributed by atoms with Crippen molar-refractivity contribution in [3.63, 3.8) is 0 Å². The molecule has 0 fully saturated rings. The van der Waals surface area contributed by atoms with Crippen LogP contribution in [0.5, 0.6) is 0 Å². The predicted molar refractivity (Wildman–Crippen MR) is 65.7 cm³/mol. The molecule has 1 unspecified atom stereocenters. The van der Waals surface area contributed by atoms with Gasteiger partial charge in [0.05, 0.1) is 0 Å². The molecule has 0 spiro atoms. The standard InChI is InChI=1S/C14H13ClO/c1-9-6-10-2-3-11(8-12(10)7-9)13-4-5-14(15)16-13/h2-5,8-9H,6-7H2,1H3. The summed E-state index contributed by atoms with van der Waals surface area (Å²) in [5.74, 6) is 1.62. The zero-order valence-corrected chi connectivity index (χ0v) is 9.92. The third kappa shape index (κ3) is 1.65. The Morgan fingerprint density at radius 1 is 1.12 bits per heavy atom. The minimum Gasteiger partial charge on any atom is -0.445 e. The van der Waals surface area contributed by atoms with E-state index in [1.807, 2.05) is 6.07 Å². The second-order valence-electron chi connectivity index (χ2n) is 4.60. The molecule has 0 aliphatic heterocycles. The molecule has 0 saturated heterocycles. The topological polar surface area (TPSA) is 13.1 Å². The van der Waals surface area contributed by atoms with Gasteiger partial charge in [-0.3, -0.25) is 0 Å². The summed E-state index contributed by atoms with van der Waals surface area (Å²) in [5, 5.41) is 0.448. The van der Waals surface area contributed by atoms with Gasteiger partial charge >= 0.3 is 0 Å². The Kier molecular flexibility index (Phi) is 2.29. The molecule has 1 aromatic carbocycles. The first-order valence-corrected chi connectivity index (χ1v) is 5.97. The number of rotatable bonds is 1. The maximum Gasteiger partial charge on any atom is 0.193 e. The first-order chi connectivity index (χ1) is 7.72. The smallest absolute Gasteiger partial charge is 0.193 e. The number of hydrogen-bond donors (Lipinski definition) is 0. The Bertz CT molecular complexity index is 527. The molecule has 1 aliphatic carbocycles. The van der Waals surface area contributed by atoms with Crippen molar-refractivity contribution in [2.45, 2.75) is 19.8 Å². The van der Waals surface area contributed by atoms with E-state index < -0.39 is 0 Å². The van der Waals surface area contributed by atoms with E-state index in [4.69, 9.17) is 16.0 Å². The highest BCUT2D eigenvalue weighted by Crippen LogP contribution is 2.32. The van der Waals surface area contributed by atoms with Crippen LogP contribution in [0.3, 0.4) is 0 Å². The summed E-state index contributed by atoms with van der Waals surface area (Å²) in [7, 11) is 0. The molecule has 1 heterocycles. The van der Waals surface area contributed by atoms with Crippen molar-refractivity contribution in [1.29, 1.82) is 0 Å². The van der Waals surface area contributed by atoms with Crippen molar-refractivity contribution < 1.29 is 4.42 Å².